The van der Waals surface area contributed by atoms with E-state index >= 15 is 0 Å². The average Bonchev–Trinajstić information content (AvgIpc) is 3.17. The number of carbonyl (C=O) groups excluding carboxylic acids is 2. The fourth-order valence-electron chi connectivity index (χ4n) is 2.94. The SMILES string of the molecule is CC(=O)NCc1cncc([C@H]2CCCN2C(=O)CC2CC2)n1. The van der Waals surface area contributed by atoms with E-state index in [1.54, 1.807) is 12.4 Å². The van der Waals surface area contributed by atoms with Gasteiger partial charge in [0, 0.05) is 19.9 Å². The first-order valence-electron chi connectivity index (χ1n) is 7.98. The third kappa shape index (κ3) is 3.61. The maximum absolute atomic E-state index is 12.4. The number of rotatable bonds is 5. The van der Waals surface area contributed by atoms with Gasteiger partial charge >= 0.3 is 0 Å². The largest absolute Gasteiger partial charge is 0.351 e. The quantitative estimate of drug-likeness (QED) is 0.896. The molecular formula is C16H22N4O2. The van der Waals surface area contributed by atoms with E-state index < -0.39 is 0 Å². The van der Waals surface area contributed by atoms with Gasteiger partial charge in [0.1, 0.15) is 0 Å². The first-order chi connectivity index (χ1) is 10.6. The van der Waals surface area contributed by atoms with Crippen LogP contribution in [0.5, 0.6) is 0 Å². The van der Waals surface area contributed by atoms with Gasteiger partial charge in [-0.05, 0) is 31.6 Å². The summed E-state index contributed by atoms with van der Waals surface area (Å²) in [5.41, 5.74) is 1.57. The summed E-state index contributed by atoms with van der Waals surface area (Å²) in [6.45, 7) is 2.67. The van der Waals surface area contributed by atoms with Gasteiger partial charge in [-0.15, -0.1) is 0 Å². The molecule has 2 amide bonds. The van der Waals surface area contributed by atoms with Crippen molar-refractivity contribution in [2.75, 3.05) is 6.54 Å². The van der Waals surface area contributed by atoms with Crippen molar-refractivity contribution in [1.29, 1.82) is 0 Å². The number of likely N-dealkylation sites (tertiary alicyclic amines) is 1. The van der Waals surface area contributed by atoms with Crippen LogP contribution in [0.4, 0.5) is 0 Å². The first-order valence-corrected chi connectivity index (χ1v) is 7.98. The number of hydrogen-bond donors (Lipinski definition) is 1. The van der Waals surface area contributed by atoms with E-state index in [9.17, 15) is 9.59 Å². The molecule has 2 heterocycles. The van der Waals surface area contributed by atoms with Crippen molar-refractivity contribution in [2.24, 2.45) is 5.92 Å². The van der Waals surface area contributed by atoms with Crippen LogP contribution in [0.3, 0.4) is 0 Å². The smallest absolute Gasteiger partial charge is 0.223 e. The summed E-state index contributed by atoms with van der Waals surface area (Å²) in [5, 5.41) is 2.73. The molecule has 3 rings (SSSR count). The molecule has 1 saturated heterocycles. The molecule has 2 fully saturated rings. The number of aromatic nitrogens is 2. The van der Waals surface area contributed by atoms with Crippen LogP contribution in [0.2, 0.25) is 0 Å². The fraction of sp³-hybridized carbons (Fsp3) is 0.625. The highest BCUT2D eigenvalue weighted by atomic mass is 16.2. The molecule has 1 aromatic heterocycles. The first kappa shape index (κ1) is 14.9. The number of nitrogens with one attached hydrogen (secondary N) is 1. The van der Waals surface area contributed by atoms with Gasteiger partial charge in [0.05, 0.1) is 36.4 Å². The highest BCUT2D eigenvalue weighted by Gasteiger charge is 2.34. The Bertz CT molecular complexity index is 571. The molecular weight excluding hydrogens is 280 g/mol. The predicted molar refractivity (Wildman–Crippen MR) is 80.6 cm³/mol. The minimum Gasteiger partial charge on any atom is -0.351 e. The highest BCUT2D eigenvalue weighted by Crippen LogP contribution is 2.36. The van der Waals surface area contributed by atoms with Crippen molar-refractivity contribution in [2.45, 2.75) is 51.6 Å². The van der Waals surface area contributed by atoms with Crippen LogP contribution in [-0.2, 0) is 16.1 Å². The van der Waals surface area contributed by atoms with E-state index in [0.29, 0.717) is 18.9 Å². The molecule has 22 heavy (non-hydrogen) atoms. The van der Waals surface area contributed by atoms with Gasteiger partial charge in [-0.3, -0.25) is 19.6 Å². The lowest BCUT2D eigenvalue weighted by Crippen LogP contribution is -2.31. The molecule has 1 saturated carbocycles. The van der Waals surface area contributed by atoms with Crippen LogP contribution >= 0.6 is 0 Å². The molecule has 118 valence electrons. The monoisotopic (exact) mass is 302 g/mol. The Morgan fingerprint density at radius 2 is 2.14 bits per heavy atom. The van der Waals surface area contributed by atoms with Gasteiger partial charge in [-0.2, -0.15) is 0 Å². The predicted octanol–water partition coefficient (Wildman–Crippen LogP) is 1.58. The number of hydrogen-bond acceptors (Lipinski definition) is 4. The molecule has 1 N–H and O–H groups in total. The second-order valence-corrected chi connectivity index (χ2v) is 6.24. The Hall–Kier alpha value is -1.98. The average molecular weight is 302 g/mol. The summed E-state index contributed by atoms with van der Waals surface area (Å²) < 4.78 is 0. The van der Waals surface area contributed by atoms with Crippen molar-refractivity contribution in [3.05, 3.63) is 23.8 Å². The summed E-state index contributed by atoms with van der Waals surface area (Å²) in [5.74, 6) is 0.763. The number of amides is 2. The summed E-state index contributed by atoms with van der Waals surface area (Å²) in [4.78, 5) is 34.2. The topological polar surface area (TPSA) is 75.2 Å². The molecule has 0 bridgehead atoms. The highest BCUT2D eigenvalue weighted by molar-refractivity contribution is 5.77. The van der Waals surface area contributed by atoms with E-state index in [0.717, 1.165) is 30.8 Å². The van der Waals surface area contributed by atoms with Gasteiger partial charge in [-0.25, -0.2) is 0 Å². The van der Waals surface area contributed by atoms with Gasteiger partial charge in [-0.1, -0.05) is 0 Å². The second-order valence-electron chi connectivity index (χ2n) is 6.24. The molecule has 6 nitrogen and oxygen atoms in total. The molecule has 1 aromatic rings. The van der Waals surface area contributed by atoms with Crippen LogP contribution in [0, 0.1) is 5.92 Å². The van der Waals surface area contributed by atoms with Crippen LogP contribution in [-0.4, -0.2) is 33.2 Å². The molecule has 1 atom stereocenters. The van der Waals surface area contributed by atoms with Gasteiger partial charge in [0.25, 0.3) is 0 Å². The molecule has 2 aliphatic rings. The number of carbonyl (C=O) groups is 2. The van der Waals surface area contributed by atoms with Crippen LogP contribution in [0.25, 0.3) is 0 Å². The zero-order chi connectivity index (χ0) is 15.5. The molecule has 0 aromatic carbocycles. The van der Waals surface area contributed by atoms with Gasteiger partial charge < -0.3 is 10.2 Å². The Morgan fingerprint density at radius 3 is 2.86 bits per heavy atom. The lowest BCUT2D eigenvalue weighted by molar-refractivity contribution is -0.132. The number of nitrogens with zero attached hydrogens (tertiary/aromatic N) is 3. The third-order valence-electron chi connectivity index (χ3n) is 4.30. The zero-order valence-corrected chi connectivity index (χ0v) is 12.9. The molecule has 1 aliphatic carbocycles. The lowest BCUT2D eigenvalue weighted by Gasteiger charge is -2.24. The maximum Gasteiger partial charge on any atom is 0.223 e. The van der Waals surface area contributed by atoms with Crippen LogP contribution in [0.15, 0.2) is 12.4 Å². The molecule has 6 heteroatoms. The van der Waals surface area contributed by atoms with Crippen molar-refractivity contribution in [3.63, 3.8) is 0 Å². The van der Waals surface area contributed by atoms with Crippen LogP contribution < -0.4 is 5.32 Å². The standard InChI is InChI=1S/C16H22N4O2/c1-11(21)18-9-13-8-17-10-14(19-13)15-3-2-6-20(15)16(22)7-12-4-5-12/h8,10,12,15H,2-7,9H2,1H3,(H,18,21)/t15-/m1/s1. The van der Waals surface area contributed by atoms with Crippen LogP contribution in [0.1, 0.15) is 56.5 Å². The van der Waals surface area contributed by atoms with E-state index in [-0.39, 0.29) is 17.9 Å². The normalized spacial score (nSPS) is 21.0. The minimum absolute atomic E-state index is 0.0380. The summed E-state index contributed by atoms with van der Waals surface area (Å²) in [6, 6.07) is 0.0380. The van der Waals surface area contributed by atoms with Gasteiger partial charge in [0.2, 0.25) is 11.8 Å². The molecule has 0 spiro atoms. The van der Waals surface area contributed by atoms with Crippen molar-refractivity contribution in [1.82, 2.24) is 20.2 Å². The van der Waals surface area contributed by atoms with E-state index in [4.69, 9.17) is 0 Å². The summed E-state index contributed by atoms with van der Waals surface area (Å²) >= 11 is 0. The molecule has 1 aliphatic heterocycles. The van der Waals surface area contributed by atoms with E-state index in [1.165, 1.54) is 19.8 Å². The fourth-order valence-corrected chi connectivity index (χ4v) is 2.94. The minimum atomic E-state index is -0.0886. The third-order valence-corrected chi connectivity index (χ3v) is 4.30. The van der Waals surface area contributed by atoms with Crippen molar-refractivity contribution in [3.8, 4) is 0 Å². The lowest BCUT2D eigenvalue weighted by atomic mass is 10.1. The van der Waals surface area contributed by atoms with E-state index in [2.05, 4.69) is 15.3 Å². The van der Waals surface area contributed by atoms with Crippen molar-refractivity contribution >= 4 is 11.8 Å². The Labute approximate surface area is 130 Å². The molecule has 0 radical (unpaired) electrons. The zero-order valence-electron chi connectivity index (χ0n) is 12.9. The Morgan fingerprint density at radius 1 is 1.32 bits per heavy atom. The Balaban J connectivity index is 1.69. The summed E-state index contributed by atoms with van der Waals surface area (Å²) in [6.07, 6.45) is 8.41. The molecule has 0 unspecified atom stereocenters. The second kappa shape index (κ2) is 6.42. The van der Waals surface area contributed by atoms with E-state index in [1.807, 2.05) is 4.90 Å². The Kier molecular flexibility index (Phi) is 4.36. The van der Waals surface area contributed by atoms with Gasteiger partial charge in [0.15, 0.2) is 0 Å². The maximum atomic E-state index is 12.4. The summed E-state index contributed by atoms with van der Waals surface area (Å²) in [7, 11) is 0. The van der Waals surface area contributed by atoms with Crippen molar-refractivity contribution < 1.29 is 9.59 Å².